The van der Waals surface area contributed by atoms with E-state index in [0.29, 0.717) is 33.8 Å². The van der Waals surface area contributed by atoms with E-state index in [2.05, 4.69) is 15.5 Å². The third kappa shape index (κ3) is 9.17. The molecule has 0 aliphatic heterocycles. The number of rotatable bonds is 3. The second-order valence-corrected chi connectivity index (χ2v) is 6.12. The van der Waals surface area contributed by atoms with Crippen molar-refractivity contribution in [2.24, 2.45) is 15.5 Å². The monoisotopic (exact) mass is 435 g/mol. The van der Waals surface area contributed by atoms with Crippen LogP contribution in [-0.2, 0) is 0 Å². The fourth-order valence-electron chi connectivity index (χ4n) is 2.07. The van der Waals surface area contributed by atoms with Crippen LogP contribution in [-0.4, -0.2) is 17.4 Å². The van der Waals surface area contributed by atoms with Gasteiger partial charge in [0.1, 0.15) is 17.1 Å². The molecule has 0 saturated heterocycles. The summed E-state index contributed by atoms with van der Waals surface area (Å²) in [5, 5.41) is 40.3. The molecule has 0 bridgehead atoms. The van der Waals surface area contributed by atoms with Crippen LogP contribution < -0.4 is 15.3 Å². The minimum Gasteiger partial charge on any atom is -0.872 e. The van der Waals surface area contributed by atoms with E-state index in [1.807, 2.05) is 0 Å². The SMILES string of the molecule is Cc1cc(N=O)ccc1[O-].Cc1cc(N=O)ccc1[O-].Cc1cc(N=O)ccc1[O-].[Al+3]. The summed E-state index contributed by atoms with van der Waals surface area (Å²) in [5.74, 6) is -0.188. The van der Waals surface area contributed by atoms with Crippen molar-refractivity contribution in [2.75, 3.05) is 0 Å². The van der Waals surface area contributed by atoms with Gasteiger partial charge in [-0.15, -0.1) is 32.0 Å². The van der Waals surface area contributed by atoms with Crippen molar-refractivity contribution >= 4 is 34.4 Å². The summed E-state index contributed by atoms with van der Waals surface area (Å²) in [6, 6.07) is 12.6. The predicted molar refractivity (Wildman–Crippen MR) is 114 cm³/mol. The van der Waals surface area contributed by atoms with Crippen LogP contribution in [0.3, 0.4) is 0 Å². The first-order valence-corrected chi connectivity index (χ1v) is 8.55. The summed E-state index contributed by atoms with van der Waals surface area (Å²) in [5.41, 5.74) is 2.57. The maximum atomic E-state index is 10.7. The fourth-order valence-corrected chi connectivity index (χ4v) is 2.07. The van der Waals surface area contributed by atoms with E-state index < -0.39 is 0 Å². The van der Waals surface area contributed by atoms with Crippen LogP contribution in [0, 0.1) is 35.5 Å². The van der Waals surface area contributed by atoms with Crippen molar-refractivity contribution in [3.05, 3.63) is 86.0 Å². The van der Waals surface area contributed by atoms with Gasteiger partial charge in [0.2, 0.25) is 0 Å². The van der Waals surface area contributed by atoms with Crippen molar-refractivity contribution in [3.63, 3.8) is 0 Å². The maximum Gasteiger partial charge on any atom is 3.00 e. The molecule has 0 amide bonds. The molecule has 0 spiro atoms. The molecule has 0 aliphatic rings. The third-order valence-electron chi connectivity index (χ3n) is 3.79. The minimum atomic E-state index is -0.0626. The standard InChI is InChI=1S/3C7H7NO2.Al/c3*1-5-4-6(8-10)2-3-7(5)9;/h3*2-4,9H,1H3;/q;;;+3/p-3. The summed E-state index contributed by atoms with van der Waals surface area (Å²) < 4.78 is 0. The summed E-state index contributed by atoms with van der Waals surface area (Å²) in [6.45, 7) is 4.95. The van der Waals surface area contributed by atoms with Gasteiger partial charge in [0.25, 0.3) is 0 Å². The Kier molecular flexibility index (Phi) is 12.0. The Morgan fingerprint density at radius 2 is 0.742 bits per heavy atom. The minimum absolute atomic E-state index is 0. The summed E-state index contributed by atoms with van der Waals surface area (Å²) in [4.78, 5) is 29.8. The molecule has 0 heterocycles. The number of nitroso groups, excluding NO2 is 3. The zero-order valence-corrected chi connectivity index (χ0v) is 18.2. The van der Waals surface area contributed by atoms with E-state index in [1.54, 1.807) is 20.8 Å². The molecule has 3 aromatic carbocycles. The van der Waals surface area contributed by atoms with Gasteiger partial charge in [-0.1, -0.05) is 34.9 Å². The number of aryl methyl sites for hydroxylation is 3. The van der Waals surface area contributed by atoms with Crippen LogP contribution >= 0.6 is 0 Å². The average Bonchev–Trinajstić information content (AvgIpc) is 2.75. The Balaban J connectivity index is 0.000000429. The smallest absolute Gasteiger partial charge is 0.872 e. The molecule has 0 saturated carbocycles. The van der Waals surface area contributed by atoms with E-state index in [4.69, 9.17) is 0 Å². The molecular weight excluding hydrogens is 417 g/mol. The Hall–Kier alpha value is -3.61. The van der Waals surface area contributed by atoms with Crippen LogP contribution in [0.1, 0.15) is 16.7 Å². The topological polar surface area (TPSA) is 157 Å². The molecule has 0 aliphatic carbocycles. The molecule has 0 fully saturated rings. The van der Waals surface area contributed by atoms with Crippen LogP contribution in [0.4, 0.5) is 17.1 Å². The number of nitrogens with zero attached hydrogens (tertiary/aromatic N) is 3. The Bertz CT molecular complexity index is 912. The van der Waals surface area contributed by atoms with E-state index in [1.165, 1.54) is 54.6 Å². The van der Waals surface area contributed by atoms with E-state index >= 15 is 0 Å². The molecule has 0 radical (unpaired) electrons. The number of hydrogen-bond acceptors (Lipinski definition) is 9. The summed E-state index contributed by atoms with van der Waals surface area (Å²) in [7, 11) is 0. The van der Waals surface area contributed by atoms with Gasteiger partial charge in [-0.05, 0) is 72.7 Å². The van der Waals surface area contributed by atoms with Gasteiger partial charge in [-0.3, -0.25) is 0 Å². The first-order valence-electron chi connectivity index (χ1n) is 8.55. The maximum absolute atomic E-state index is 10.7. The van der Waals surface area contributed by atoms with Crippen LogP contribution in [0.15, 0.2) is 70.1 Å². The molecule has 10 heteroatoms. The van der Waals surface area contributed by atoms with Gasteiger partial charge < -0.3 is 15.3 Å². The second kappa shape index (κ2) is 13.6. The Labute approximate surface area is 189 Å². The predicted octanol–water partition coefficient (Wildman–Crippen LogP) is 4.02. The normalized spacial score (nSPS) is 9.00. The molecule has 31 heavy (non-hydrogen) atoms. The average molecular weight is 435 g/mol. The number of benzene rings is 3. The van der Waals surface area contributed by atoms with Gasteiger partial charge in [-0.25, -0.2) is 0 Å². The van der Waals surface area contributed by atoms with Crippen molar-refractivity contribution in [2.45, 2.75) is 20.8 Å². The van der Waals surface area contributed by atoms with Crippen LogP contribution in [0.2, 0.25) is 0 Å². The molecule has 3 aromatic rings. The van der Waals surface area contributed by atoms with E-state index in [0.717, 1.165) is 0 Å². The van der Waals surface area contributed by atoms with E-state index in [9.17, 15) is 30.0 Å². The summed E-state index contributed by atoms with van der Waals surface area (Å²) in [6.07, 6.45) is 0. The second-order valence-electron chi connectivity index (χ2n) is 6.12. The van der Waals surface area contributed by atoms with Gasteiger partial charge in [0, 0.05) is 0 Å². The zero-order valence-electron chi connectivity index (χ0n) is 17.1. The van der Waals surface area contributed by atoms with Gasteiger partial charge in [0.05, 0.1) is 0 Å². The van der Waals surface area contributed by atoms with Crippen molar-refractivity contribution in [3.8, 4) is 17.2 Å². The van der Waals surface area contributed by atoms with Crippen molar-refractivity contribution in [1.82, 2.24) is 0 Å². The molecule has 0 unspecified atom stereocenters. The van der Waals surface area contributed by atoms with Gasteiger partial charge >= 0.3 is 17.4 Å². The van der Waals surface area contributed by atoms with Crippen LogP contribution in [0.25, 0.3) is 0 Å². The van der Waals surface area contributed by atoms with Crippen LogP contribution in [0.5, 0.6) is 17.2 Å². The summed E-state index contributed by atoms with van der Waals surface area (Å²) >= 11 is 0. The Morgan fingerprint density at radius 1 is 0.516 bits per heavy atom. The largest absolute Gasteiger partial charge is 3.00 e. The molecule has 0 N–H and O–H groups in total. The van der Waals surface area contributed by atoms with Gasteiger partial charge in [0.15, 0.2) is 0 Å². The molecule has 156 valence electrons. The first-order chi connectivity index (χ1) is 14.2. The molecule has 0 aromatic heterocycles. The first kappa shape index (κ1) is 27.4. The molecule has 9 nitrogen and oxygen atoms in total. The quantitative estimate of drug-likeness (QED) is 0.446. The Morgan fingerprint density at radius 3 is 0.903 bits per heavy atom. The third-order valence-corrected chi connectivity index (χ3v) is 3.79. The van der Waals surface area contributed by atoms with Gasteiger partial charge in [-0.2, -0.15) is 0 Å². The molecule has 3 rings (SSSR count). The zero-order chi connectivity index (χ0) is 22.7. The van der Waals surface area contributed by atoms with Crippen molar-refractivity contribution < 1.29 is 15.3 Å². The van der Waals surface area contributed by atoms with Crippen molar-refractivity contribution in [1.29, 1.82) is 0 Å². The molecule has 0 atom stereocenters. The van der Waals surface area contributed by atoms with E-state index in [-0.39, 0.29) is 34.6 Å². The number of hydrogen-bond donors (Lipinski definition) is 0. The fraction of sp³-hybridized carbons (Fsp3) is 0.143. The molecular formula is C21H18AlN3O6.